The number of aliphatic hydroxyl groups is 1. The molecule has 1 aromatic heterocycles. The number of piperazine rings is 1. The van der Waals surface area contributed by atoms with Crippen LogP contribution in [-0.4, -0.2) is 64.9 Å². The lowest BCUT2D eigenvalue weighted by molar-refractivity contribution is 0.114. The normalized spacial score (nSPS) is 18.0. The number of aliphatic hydroxyl groups excluding tert-OH is 1. The van der Waals surface area contributed by atoms with Crippen LogP contribution in [0.4, 0.5) is 5.82 Å². The second kappa shape index (κ2) is 7.56. The first kappa shape index (κ1) is 16.0. The van der Waals surface area contributed by atoms with Gasteiger partial charge in [-0.05, 0) is 20.3 Å². The minimum atomic E-state index is 0.0984. The van der Waals surface area contributed by atoms with Gasteiger partial charge in [0.15, 0.2) is 5.82 Å². The molecule has 1 aromatic rings. The smallest absolute Gasteiger partial charge is 0.234 e. The summed E-state index contributed by atoms with van der Waals surface area (Å²) in [5, 5.41) is 9.39. The standard InChI is InChI=1S/C15H26N4O2/c1-4-13(11-20)18-5-7-19(8-6-18)14-9-16-10-15(17-14)21-12(2)3/h9-10,12-13,20H,4-8,11H2,1-3H3. The van der Waals surface area contributed by atoms with Crippen molar-refractivity contribution in [3.63, 3.8) is 0 Å². The van der Waals surface area contributed by atoms with Crippen molar-refractivity contribution < 1.29 is 9.84 Å². The van der Waals surface area contributed by atoms with Crippen LogP contribution in [0.5, 0.6) is 5.88 Å². The summed E-state index contributed by atoms with van der Waals surface area (Å²) < 4.78 is 5.60. The van der Waals surface area contributed by atoms with E-state index in [1.807, 2.05) is 13.8 Å². The fourth-order valence-corrected chi connectivity index (χ4v) is 2.61. The third-order valence-corrected chi connectivity index (χ3v) is 3.79. The minimum Gasteiger partial charge on any atom is -0.474 e. The highest BCUT2D eigenvalue weighted by Gasteiger charge is 2.23. The van der Waals surface area contributed by atoms with Crippen LogP contribution in [0.2, 0.25) is 0 Å². The second-order valence-corrected chi connectivity index (χ2v) is 5.65. The Morgan fingerprint density at radius 2 is 1.95 bits per heavy atom. The third kappa shape index (κ3) is 4.28. The molecular formula is C15H26N4O2. The first-order valence-corrected chi connectivity index (χ1v) is 7.72. The zero-order valence-corrected chi connectivity index (χ0v) is 13.2. The first-order chi connectivity index (χ1) is 10.1. The Morgan fingerprint density at radius 3 is 2.52 bits per heavy atom. The topological polar surface area (TPSA) is 61.7 Å². The first-order valence-electron chi connectivity index (χ1n) is 7.72. The zero-order chi connectivity index (χ0) is 15.2. The van der Waals surface area contributed by atoms with E-state index in [9.17, 15) is 5.11 Å². The van der Waals surface area contributed by atoms with Gasteiger partial charge in [0, 0.05) is 32.2 Å². The van der Waals surface area contributed by atoms with Crippen molar-refractivity contribution in [1.29, 1.82) is 0 Å². The molecule has 6 nitrogen and oxygen atoms in total. The van der Waals surface area contributed by atoms with Crippen LogP contribution < -0.4 is 9.64 Å². The number of anilines is 1. The van der Waals surface area contributed by atoms with Crippen molar-refractivity contribution in [3.05, 3.63) is 12.4 Å². The van der Waals surface area contributed by atoms with Crippen molar-refractivity contribution in [2.75, 3.05) is 37.7 Å². The second-order valence-electron chi connectivity index (χ2n) is 5.65. The van der Waals surface area contributed by atoms with Crippen LogP contribution in [0.25, 0.3) is 0 Å². The van der Waals surface area contributed by atoms with Gasteiger partial charge < -0.3 is 14.7 Å². The highest BCUT2D eigenvalue weighted by molar-refractivity contribution is 5.38. The van der Waals surface area contributed by atoms with Gasteiger partial charge in [0.1, 0.15) is 0 Å². The molecule has 0 bridgehead atoms. The van der Waals surface area contributed by atoms with E-state index in [-0.39, 0.29) is 18.8 Å². The molecule has 21 heavy (non-hydrogen) atoms. The summed E-state index contributed by atoms with van der Waals surface area (Å²) in [6, 6.07) is 0.272. The molecule has 0 radical (unpaired) electrons. The number of ether oxygens (including phenoxy) is 1. The Balaban J connectivity index is 1.95. The molecule has 2 rings (SSSR count). The maximum Gasteiger partial charge on any atom is 0.234 e. The lowest BCUT2D eigenvalue weighted by Crippen LogP contribution is -2.51. The zero-order valence-electron chi connectivity index (χ0n) is 13.2. The highest BCUT2D eigenvalue weighted by Crippen LogP contribution is 2.18. The molecule has 1 atom stereocenters. The Morgan fingerprint density at radius 1 is 1.24 bits per heavy atom. The van der Waals surface area contributed by atoms with Gasteiger partial charge in [0.2, 0.25) is 5.88 Å². The summed E-state index contributed by atoms with van der Waals surface area (Å²) >= 11 is 0. The van der Waals surface area contributed by atoms with Crippen LogP contribution >= 0.6 is 0 Å². The third-order valence-electron chi connectivity index (χ3n) is 3.79. The fraction of sp³-hybridized carbons (Fsp3) is 0.733. The molecule has 1 unspecified atom stereocenters. The van der Waals surface area contributed by atoms with E-state index in [4.69, 9.17) is 4.74 Å². The number of hydrogen-bond donors (Lipinski definition) is 1. The average molecular weight is 294 g/mol. The van der Waals surface area contributed by atoms with E-state index < -0.39 is 0 Å². The molecule has 0 spiro atoms. The maximum absolute atomic E-state index is 9.39. The van der Waals surface area contributed by atoms with E-state index in [1.165, 1.54) is 0 Å². The van der Waals surface area contributed by atoms with E-state index in [1.54, 1.807) is 12.4 Å². The van der Waals surface area contributed by atoms with Gasteiger partial charge in [-0.3, -0.25) is 9.88 Å². The summed E-state index contributed by atoms with van der Waals surface area (Å²) in [7, 11) is 0. The van der Waals surface area contributed by atoms with Gasteiger partial charge in [-0.1, -0.05) is 6.92 Å². The molecule has 1 aliphatic rings. The SMILES string of the molecule is CCC(CO)N1CCN(c2cncc(OC(C)C)n2)CC1. The molecule has 0 aliphatic carbocycles. The quantitative estimate of drug-likeness (QED) is 0.849. The lowest BCUT2D eigenvalue weighted by Gasteiger charge is -2.38. The van der Waals surface area contributed by atoms with Crippen molar-refractivity contribution in [2.45, 2.75) is 39.3 Å². The molecule has 0 saturated carbocycles. The van der Waals surface area contributed by atoms with Gasteiger partial charge in [-0.2, -0.15) is 4.98 Å². The van der Waals surface area contributed by atoms with Gasteiger partial charge in [-0.25, -0.2) is 0 Å². The molecule has 118 valence electrons. The highest BCUT2D eigenvalue weighted by atomic mass is 16.5. The molecular weight excluding hydrogens is 268 g/mol. The summed E-state index contributed by atoms with van der Waals surface area (Å²) in [6.45, 7) is 9.98. The Bertz CT molecular complexity index is 429. The van der Waals surface area contributed by atoms with Crippen molar-refractivity contribution in [2.24, 2.45) is 0 Å². The summed E-state index contributed by atoms with van der Waals surface area (Å²) in [4.78, 5) is 13.3. The summed E-state index contributed by atoms with van der Waals surface area (Å²) in [6.07, 6.45) is 4.51. The van der Waals surface area contributed by atoms with Gasteiger partial charge in [0.05, 0.1) is 25.1 Å². The van der Waals surface area contributed by atoms with Crippen LogP contribution in [0, 0.1) is 0 Å². The predicted octanol–water partition coefficient (Wildman–Crippen LogP) is 1.16. The van der Waals surface area contributed by atoms with Gasteiger partial charge in [0.25, 0.3) is 0 Å². The van der Waals surface area contributed by atoms with E-state index >= 15 is 0 Å². The molecule has 2 heterocycles. The van der Waals surface area contributed by atoms with Gasteiger partial charge in [-0.15, -0.1) is 0 Å². The predicted molar refractivity (Wildman–Crippen MR) is 82.7 cm³/mol. The van der Waals surface area contributed by atoms with Crippen LogP contribution in [0.3, 0.4) is 0 Å². The van der Waals surface area contributed by atoms with Crippen molar-refractivity contribution in [3.8, 4) is 5.88 Å². The van der Waals surface area contributed by atoms with Crippen LogP contribution in [-0.2, 0) is 0 Å². The Labute approximate surface area is 126 Å². The average Bonchev–Trinajstić information content (AvgIpc) is 2.49. The fourth-order valence-electron chi connectivity index (χ4n) is 2.61. The molecule has 0 amide bonds. The molecule has 1 fully saturated rings. The minimum absolute atomic E-state index is 0.0984. The molecule has 0 aromatic carbocycles. The molecule has 1 saturated heterocycles. The van der Waals surface area contributed by atoms with Crippen molar-refractivity contribution >= 4 is 5.82 Å². The largest absolute Gasteiger partial charge is 0.474 e. The van der Waals surface area contributed by atoms with E-state index in [2.05, 4.69) is 26.7 Å². The van der Waals surface area contributed by atoms with E-state index in [0.29, 0.717) is 5.88 Å². The van der Waals surface area contributed by atoms with Gasteiger partial charge >= 0.3 is 0 Å². The molecule has 6 heteroatoms. The summed E-state index contributed by atoms with van der Waals surface area (Å²) in [5.41, 5.74) is 0. The van der Waals surface area contributed by atoms with E-state index in [0.717, 1.165) is 38.4 Å². The van der Waals surface area contributed by atoms with Crippen molar-refractivity contribution in [1.82, 2.24) is 14.9 Å². The molecule has 1 N–H and O–H groups in total. The number of hydrogen-bond acceptors (Lipinski definition) is 6. The summed E-state index contributed by atoms with van der Waals surface area (Å²) in [5.74, 6) is 1.44. The van der Waals surface area contributed by atoms with Crippen LogP contribution in [0.1, 0.15) is 27.2 Å². The Hall–Kier alpha value is -1.40. The number of aromatic nitrogens is 2. The lowest BCUT2D eigenvalue weighted by atomic mass is 10.1. The maximum atomic E-state index is 9.39. The molecule has 1 aliphatic heterocycles. The monoisotopic (exact) mass is 294 g/mol. The Kier molecular flexibility index (Phi) is 5.76. The number of nitrogens with zero attached hydrogens (tertiary/aromatic N) is 4. The van der Waals surface area contributed by atoms with Crippen LogP contribution in [0.15, 0.2) is 12.4 Å². The number of rotatable bonds is 6.